The SMILES string of the molecule is CCC(CC)N(CC(C)C)c1cc(Br)ccc1CC(C)N. The maximum atomic E-state index is 6.04. The van der Waals surface area contributed by atoms with E-state index in [1.165, 1.54) is 24.1 Å². The number of nitrogens with two attached hydrogens (primary N) is 1. The number of rotatable bonds is 8. The van der Waals surface area contributed by atoms with Crippen molar-refractivity contribution in [2.75, 3.05) is 11.4 Å². The zero-order valence-electron chi connectivity index (χ0n) is 14.2. The monoisotopic (exact) mass is 354 g/mol. The van der Waals surface area contributed by atoms with E-state index in [-0.39, 0.29) is 6.04 Å². The van der Waals surface area contributed by atoms with Gasteiger partial charge in [-0.3, -0.25) is 0 Å². The van der Waals surface area contributed by atoms with Gasteiger partial charge in [-0.2, -0.15) is 0 Å². The summed E-state index contributed by atoms with van der Waals surface area (Å²) in [5, 5.41) is 0. The van der Waals surface area contributed by atoms with Crippen LogP contribution in [0.3, 0.4) is 0 Å². The van der Waals surface area contributed by atoms with E-state index < -0.39 is 0 Å². The van der Waals surface area contributed by atoms with Crippen LogP contribution in [0.2, 0.25) is 0 Å². The molecule has 0 saturated carbocycles. The molecule has 0 fully saturated rings. The third kappa shape index (κ3) is 5.63. The van der Waals surface area contributed by atoms with E-state index in [1.807, 2.05) is 0 Å². The smallest absolute Gasteiger partial charge is 0.0413 e. The van der Waals surface area contributed by atoms with E-state index in [9.17, 15) is 0 Å². The second-order valence-corrected chi connectivity index (χ2v) is 7.39. The predicted octanol–water partition coefficient (Wildman–Crippen LogP) is 4.99. The van der Waals surface area contributed by atoms with E-state index in [0.717, 1.165) is 17.4 Å². The van der Waals surface area contributed by atoms with Crippen molar-refractivity contribution in [3.8, 4) is 0 Å². The molecule has 1 rings (SSSR count). The van der Waals surface area contributed by atoms with Gasteiger partial charge in [0, 0.05) is 28.8 Å². The molecule has 1 aromatic carbocycles. The summed E-state index contributed by atoms with van der Waals surface area (Å²) in [5.74, 6) is 0.646. The van der Waals surface area contributed by atoms with E-state index in [2.05, 4.69) is 73.6 Å². The lowest BCUT2D eigenvalue weighted by molar-refractivity contribution is 0.505. The number of hydrogen-bond acceptors (Lipinski definition) is 2. The summed E-state index contributed by atoms with van der Waals surface area (Å²) in [5.41, 5.74) is 8.76. The fraction of sp³-hybridized carbons (Fsp3) is 0.667. The van der Waals surface area contributed by atoms with Gasteiger partial charge in [-0.05, 0) is 49.8 Å². The summed E-state index contributed by atoms with van der Waals surface area (Å²) < 4.78 is 1.14. The molecule has 1 unspecified atom stereocenters. The number of halogens is 1. The largest absolute Gasteiger partial charge is 0.368 e. The van der Waals surface area contributed by atoms with Crippen molar-refractivity contribution in [2.24, 2.45) is 11.7 Å². The number of hydrogen-bond donors (Lipinski definition) is 1. The fourth-order valence-corrected chi connectivity index (χ4v) is 3.24. The molecule has 0 aromatic heterocycles. The second-order valence-electron chi connectivity index (χ2n) is 6.47. The average Bonchev–Trinajstić information content (AvgIpc) is 2.40. The molecule has 2 nitrogen and oxygen atoms in total. The minimum atomic E-state index is 0.188. The van der Waals surface area contributed by atoms with Gasteiger partial charge in [-0.15, -0.1) is 0 Å². The van der Waals surface area contributed by atoms with Crippen molar-refractivity contribution in [1.29, 1.82) is 0 Å². The molecule has 0 heterocycles. The van der Waals surface area contributed by atoms with Crippen molar-refractivity contribution >= 4 is 21.6 Å². The Bertz CT molecular complexity index is 425. The Hall–Kier alpha value is -0.540. The quantitative estimate of drug-likeness (QED) is 0.712. The maximum absolute atomic E-state index is 6.04. The number of nitrogens with zero attached hydrogens (tertiary/aromatic N) is 1. The zero-order valence-corrected chi connectivity index (χ0v) is 15.8. The van der Waals surface area contributed by atoms with Gasteiger partial charge < -0.3 is 10.6 Å². The van der Waals surface area contributed by atoms with Crippen LogP contribution in [0.5, 0.6) is 0 Å². The molecule has 1 aromatic rings. The van der Waals surface area contributed by atoms with Crippen molar-refractivity contribution < 1.29 is 0 Å². The molecule has 0 spiro atoms. The van der Waals surface area contributed by atoms with Crippen molar-refractivity contribution in [3.63, 3.8) is 0 Å². The molecule has 21 heavy (non-hydrogen) atoms. The van der Waals surface area contributed by atoms with Crippen LogP contribution in [0.25, 0.3) is 0 Å². The first-order valence-corrected chi connectivity index (χ1v) is 8.98. The van der Waals surface area contributed by atoms with Crippen LogP contribution in [0, 0.1) is 5.92 Å². The summed E-state index contributed by atoms with van der Waals surface area (Å²) in [6.45, 7) is 12.3. The molecule has 0 bridgehead atoms. The average molecular weight is 355 g/mol. The molecular weight excluding hydrogens is 324 g/mol. The minimum Gasteiger partial charge on any atom is -0.368 e. The van der Waals surface area contributed by atoms with Gasteiger partial charge in [0.1, 0.15) is 0 Å². The highest BCUT2D eigenvalue weighted by Gasteiger charge is 2.20. The Labute approximate surface area is 139 Å². The molecule has 0 radical (unpaired) electrons. The third-order valence-corrected chi connectivity index (χ3v) is 4.34. The summed E-state index contributed by atoms with van der Waals surface area (Å²) in [6, 6.07) is 7.39. The lowest BCUT2D eigenvalue weighted by Gasteiger charge is -2.36. The predicted molar refractivity (Wildman–Crippen MR) is 98.0 cm³/mol. The first-order chi connectivity index (χ1) is 9.88. The summed E-state index contributed by atoms with van der Waals surface area (Å²) in [6.07, 6.45) is 3.28. The first kappa shape index (κ1) is 18.5. The maximum Gasteiger partial charge on any atom is 0.0413 e. The lowest BCUT2D eigenvalue weighted by atomic mass is 10.0. The Kier molecular flexibility index (Phi) is 7.75. The number of benzene rings is 1. The molecule has 1 atom stereocenters. The topological polar surface area (TPSA) is 29.3 Å². The Morgan fingerprint density at radius 1 is 1.14 bits per heavy atom. The fourth-order valence-electron chi connectivity index (χ4n) is 2.89. The van der Waals surface area contributed by atoms with E-state index in [0.29, 0.717) is 12.0 Å². The van der Waals surface area contributed by atoms with Gasteiger partial charge in [0.2, 0.25) is 0 Å². The summed E-state index contributed by atoms with van der Waals surface area (Å²) >= 11 is 3.63. The highest BCUT2D eigenvalue weighted by molar-refractivity contribution is 9.10. The lowest BCUT2D eigenvalue weighted by Crippen LogP contribution is -2.38. The van der Waals surface area contributed by atoms with E-state index in [4.69, 9.17) is 5.73 Å². The molecule has 0 saturated heterocycles. The van der Waals surface area contributed by atoms with E-state index >= 15 is 0 Å². The molecule has 0 aliphatic heterocycles. The molecule has 120 valence electrons. The molecule has 0 aliphatic carbocycles. The molecule has 3 heteroatoms. The van der Waals surface area contributed by atoms with Crippen LogP contribution < -0.4 is 10.6 Å². The third-order valence-electron chi connectivity index (χ3n) is 3.84. The first-order valence-electron chi connectivity index (χ1n) is 8.19. The Morgan fingerprint density at radius 3 is 2.24 bits per heavy atom. The van der Waals surface area contributed by atoms with Crippen LogP contribution in [-0.4, -0.2) is 18.6 Å². The van der Waals surface area contributed by atoms with Gasteiger partial charge in [-0.1, -0.05) is 49.7 Å². The van der Waals surface area contributed by atoms with Crippen LogP contribution in [0.4, 0.5) is 5.69 Å². The normalized spacial score (nSPS) is 13.0. The molecule has 0 aliphatic rings. The van der Waals surface area contributed by atoms with Gasteiger partial charge in [0.15, 0.2) is 0 Å². The molecule has 2 N–H and O–H groups in total. The van der Waals surface area contributed by atoms with Crippen LogP contribution in [0.15, 0.2) is 22.7 Å². The highest BCUT2D eigenvalue weighted by Crippen LogP contribution is 2.30. The molecule has 0 amide bonds. The summed E-state index contributed by atoms with van der Waals surface area (Å²) in [4.78, 5) is 2.59. The molecular formula is C18H31BrN2. The number of anilines is 1. The van der Waals surface area contributed by atoms with Gasteiger partial charge in [0.05, 0.1) is 0 Å². The van der Waals surface area contributed by atoms with Gasteiger partial charge >= 0.3 is 0 Å². The van der Waals surface area contributed by atoms with Crippen molar-refractivity contribution in [2.45, 2.75) is 66.0 Å². The van der Waals surface area contributed by atoms with Crippen LogP contribution >= 0.6 is 15.9 Å². The van der Waals surface area contributed by atoms with Gasteiger partial charge in [0.25, 0.3) is 0 Å². The van der Waals surface area contributed by atoms with Crippen molar-refractivity contribution in [3.05, 3.63) is 28.2 Å². The zero-order chi connectivity index (χ0) is 16.0. The second kappa shape index (κ2) is 8.79. The van der Waals surface area contributed by atoms with Gasteiger partial charge in [-0.25, -0.2) is 0 Å². The minimum absolute atomic E-state index is 0.188. The van der Waals surface area contributed by atoms with Crippen LogP contribution in [-0.2, 0) is 6.42 Å². The standard InChI is InChI=1S/C18H31BrN2/c1-6-17(7-2)21(12-13(3)4)18-11-16(19)9-8-15(18)10-14(5)20/h8-9,11,13-14,17H,6-7,10,12,20H2,1-5H3. The Morgan fingerprint density at radius 2 is 1.76 bits per heavy atom. The summed E-state index contributed by atoms with van der Waals surface area (Å²) in [7, 11) is 0. The van der Waals surface area contributed by atoms with Crippen LogP contribution in [0.1, 0.15) is 53.0 Å². The van der Waals surface area contributed by atoms with E-state index in [1.54, 1.807) is 0 Å². The Balaban J connectivity index is 3.23. The van der Waals surface area contributed by atoms with Crippen molar-refractivity contribution in [1.82, 2.24) is 0 Å². The highest BCUT2D eigenvalue weighted by atomic mass is 79.9.